The van der Waals surface area contributed by atoms with E-state index in [1.165, 1.54) is 23.9 Å². The molecule has 2 aromatic rings. The average molecular weight is 344 g/mol. The van der Waals surface area contributed by atoms with Crippen LogP contribution in [-0.2, 0) is 0 Å². The van der Waals surface area contributed by atoms with Crippen molar-refractivity contribution in [3.63, 3.8) is 0 Å². The fourth-order valence-corrected chi connectivity index (χ4v) is 2.94. The number of hydrogen-bond acceptors (Lipinski definition) is 2. The molecule has 1 nitrogen and oxygen atoms in total. The third-order valence-corrected chi connectivity index (χ3v) is 4.33. The minimum Gasteiger partial charge on any atom is -0.323 e. The van der Waals surface area contributed by atoms with Crippen LogP contribution in [0.2, 0.25) is 0 Å². The molecule has 0 spiro atoms. The van der Waals surface area contributed by atoms with Crippen LogP contribution < -0.4 is 5.73 Å². The van der Waals surface area contributed by atoms with Gasteiger partial charge in [-0.15, -0.1) is 11.8 Å². The maximum absolute atomic E-state index is 13.8. The van der Waals surface area contributed by atoms with Gasteiger partial charge in [-0.25, -0.2) is 8.78 Å². The molecular weight excluding hydrogens is 332 g/mol. The molecule has 0 amide bonds. The lowest BCUT2D eigenvalue weighted by molar-refractivity contribution is 0.589. The SMILES string of the molecule is NC(CSc1cccc(F)c1)c1cccc(Br)c1F. The van der Waals surface area contributed by atoms with Crippen molar-refractivity contribution in [1.82, 2.24) is 0 Å². The smallest absolute Gasteiger partial charge is 0.142 e. The van der Waals surface area contributed by atoms with Crippen molar-refractivity contribution in [2.75, 3.05) is 5.75 Å². The molecule has 0 aromatic heterocycles. The van der Waals surface area contributed by atoms with E-state index in [1.54, 1.807) is 30.3 Å². The Labute approximate surface area is 123 Å². The molecule has 1 atom stereocenters. The van der Waals surface area contributed by atoms with Crippen molar-refractivity contribution < 1.29 is 8.78 Å². The largest absolute Gasteiger partial charge is 0.323 e. The fraction of sp³-hybridized carbons (Fsp3) is 0.143. The Morgan fingerprint density at radius 2 is 1.89 bits per heavy atom. The first-order valence-corrected chi connectivity index (χ1v) is 7.43. The Balaban J connectivity index is 2.05. The van der Waals surface area contributed by atoms with Crippen LogP contribution in [0.25, 0.3) is 0 Å². The Morgan fingerprint density at radius 3 is 2.63 bits per heavy atom. The molecule has 0 radical (unpaired) electrons. The monoisotopic (exact) mass is 343 g/mol. The average Bonchev–Trinajstić information content (AvgIpc) is 2.39. The standard InChI is InChI=1S/C14H12BrF2NS/c15-12-6-2-5-11(14(12)17)13(18)8-19-10-4-1-3-9(16)7-10/h1-7,13H,8,18H2. The number of hydrogen-bond donors (Lipinski definition) is 1. The molecule has 2 rings (SSSR count). The first-order chi connectivity index (χ1) is 9.08. The highest BCUT2D eigenvalue weighted by molar-refractivity contribution is 9.10. The van der Waals surface area contributed by atoms with Gasteiger partial charge in [-0.05, 0) is 40.2 Å². The number of nitrogens with two attached hydrogens (primary N) is 1. The Hall–Kier alpha value is -0.910. The second kappa shape index (κ2) is 6.50. The van der Waals surface area contributed by atoms with E-state index in [-0.39, 0.29) is 11.6 Å². The number of thioether (sulfide) groups is 1. The van der Waals surface area contributed by atoms with Gasteiger partial charge in [-0.1, -0.05) is 18.2 Å². The van der Waals surface area contributed by atoms with Gasteiger partial charge in [-0.2, -0.15) is 0 Å². The molecule has 1 unspecified atom stereocenters. The van der Waals surface area contributed by atoms with Crippen LogP contribution in [0, 0.1) is 11.6 Å². The van der Waals surface area contributed by atoms with Crippen LogP contribution in [0.3, 0.4) is 0 Å². The van der Waals surface area contributed by atoms with Crippen molar-refractivity contribution in [2.45, 2.75) is 10.9 Å². The molecule has 5 heteroatoms. The van der Waals surface area contributed by atoms with E-state index in [1.807, 2.05) is 0 Å². The number of benzene rings is 2. The third kappa shape index (κ3) is 3.78. The summed E-state index contributed by atoms with van der Waals surface area (Å²) in [5.41, 5.74) is 6.43. The summed E-state index contributed by atoms with van der Waals surface area (Å²) in [6, 6.07) is 10.9. The van der Waals surface area contributed by atoms with Crippen LogP contribution in [0.15, 0.2) is 51.8 Å². The van der Waals surface area contributed by atoms with Gasteiger partial charge in [0.2, 0.25) is 0 Å². The van der Waals surface area contributed by atoms with E-state index in [0.717, 1.165) is 4.90 Å². The van der Waals surface area contributed by atoms with E-state index in [0.29, 0.717) is 15.8 Å². The van der Waals surface area contributed by atoms with E-state index in [9.17, 15) is 8.78 Å². The highest BCUT2D eigenvalue weighted by atomic mass is 79.9. The fourth-order valence-electron chi connectivity index (χ4n) is 1.64. The molecule has 2 aromatic carbocycles. The summed E-state index contributed by atoms with van der Waals surface area (Å²) in [7, 11) is 0. The van der Waals surface area contributed by atoms with Gasteiger partial charge in [0.25, 0.3) is 0 Å². The third-order valence-electron chi connectivity index (χ3n) is 2.61. The van der Waals surface area contributed by atoms with Crippen LogP contribution in [0.4, 0.5) is 8.78 Å². The Bertz CT molecular complexity index is 577. The van der Waals surface area contributed by atoms with E-state index >= 15 is 0 Å². The lowest BCUT2D eigenvalue weighted by Gasteiger charge is -2.13. The maximum Gasteiger partial charge on any atom is 0.142 e. The molecule has 0 aliphatic rings. The van der Waals surface area contributed by atoms with Gasteiger partial charge in [0.1, 0.15) is 11.6 Å². The summed E-state index contributed by atoms with van der Waals surface area (Å²) >= 11 is 4.54. The van der Waals surface area contributed by atoms with Gasteiger partial charge in [0.05, 0.1) is 4.47 Å². The first kappa shape index (κ1) is 14.5. The number of rotatable bonds is 4. The van der Waals surface area contributed by atoms with Gasteiger partial charge in [0, 0.05) is 22.3 Å². The molecule has 0 aliphatic heterocycles. The molecule has 0 heterocycles. The molecule has 100 valence electrons. The highest BCUT2D eigenvalue weighted by Crippen LogP contribution is 2.27. The zero-order valence-electron chi connectivity index (χ0n) is 9.95. The van der Waals surface area contributed by atoms with Crippen molar-refractivity contribution in [3.8, 4) is 0 Å². The topological polar surface area (TPSA) is 26.0 Å². The van der Waals surface area contributed by atoms with E-state index < -0.39 is 6.04 Å². The van der Waals surface area contributed by atoms with Crippen LogP contribution in [0.5, 0.6) is 0 Å². The van der Waals surface area contributed by atoms with Crippen molar-refractivity contribution >= 4 is 27.7 Å². The summed E-state index contributed by atoms with van der Waals surface area (Å²) in [5.74, 6) is -0.140. The Morgan fingerprint density at radius 1 is 1.16 bits per heavy atom. The Kier molecular flexibility index (Phi) is 4.96. The lowest BCUT2D eigenvalue weighted by atomic mass is 10.1. The molecular formula is C14H12BrF2NS. The summed E-state index contributed by atoms with van der Waals surface area (Å²) < 4.78 is 27.3. The van der Waals surface area contributed by atoms with Gasteiger partial charge in [0.15, 0.2) is 0 Å². The molecule has 2 N–H and O–H groups in total. The second-order valence-electron chi connectivity index (χ2n) is 4.02. The van der Waals surface area contributed by atoms with Crippen LogP contribution >= 0.6 is 27.7 Å². The summed E-state index contributed by atoms with van der Waals surface area (Å²) in [4.78, 5) is 0.783. The molecule has 0 aliphatic carbocycles. The molecule has 19 heavy (non-hydrogen) atoms. The summed E-state index contributed by atoms with van der Waals surface area (Å²) in [6.45, 7) is 0. The minimum absolute atomic E-state index is 0.285. The van der Waals surface area contributed by atoms with Crippen LogP contribution in [-0.4, -0.2) is 5.75 Å². The predicted molar refractivity (Wildman–Crippen MR) is 78.2 cm³/mol. The lowest BCUT2D eigenvalue weighted by Crippen LogP contribution is -2.14. The molecule has 0 saturated heterocycles. The zero-order chi connectivity index (χ0) is 13.8. The second-order valence-corrected chi connectivity index (χ2v) is 5.97. The molecule has 0 fully saturated rings. The summed E-state index contributed by atoms with van der Waals surface area (Å²) in [5, 5.41) is 0. The quantitative estimate of drug-likeness (QED) is 0.826. The first-order valence-electron chi connectivity index (χ1n) is 5.66. The van der Waals surface area contributed by atoms with E-state index in [4.69, 9.17) is 5.73 Å². The van der Waals surface area contributed by atoms with Crippen molar-refractivity contribution in [2.24, 2.45) is 5.73 Å². The van der Waals surface area contributed by atoms with Gasteiger partial charge in [-0.3, -0.25) is 0 Å². The zero-order valence-corrected chi connectivity index (χ0v) is 12.3. The minimum atomic E-state index is -0.439. The van der Waals surface area contributed by atoms with Gasteiger partial charge >= 0.3 is 0 Å². The maximum atomic E-state index is 13.8. The number of halogens is 3. The molecule has 0 saturated carbocycles. The summed E-state index contributed by atoms with van der Waals surface area (Å²) in [6.07, 6.45) is 0. The van der Waals surface area contributed by atoms with Crippen molar-refractivity contribution in [3.05, 3.63) is 64.1 Å². The highest BCUT2D eigenvalue weighted by Gasteiger charge is 2.13. The van der Waals surface area contributed by atoms with E-state index in [2.05, 4.69) is 15.9 Å². The van der Waals surface area contributed by atoms with Gasteiger partial charge < -0.3 is 5.73 Å². The van der Waals surface area contributed by atoms with Crippen LogP contribution in [0.1, 0.15) is 11.6 Å². The molecule has 0 bridgehead atoms. The predicted octanol–water partition coefficient (Wildman–Crippen LogP) is 4.52. The van der Waals surface area contributed by atoms with Crippen molar-refractivity contribution in [1.29, 1.82) is 0 Å². The normalized spacial score (nSPS) is 12.4.